The molecule has 1 fully saturated rings. The van der Waals surface area contributed by atoms with Crippen molar-refractivity contribution in [3.63, 3.8) is 0 Å². The molecule has 1 aliphatic heterocycles. The first-order chi connectivity index (χ1) is 13.0. The number of sulfonamides is 2. The van der Waals surface area contributed by atoms with Gasteiger partial charge in [-0.1, -0.05) is 18.2 Å². The molecule has 1 N–H and O–H groups in total. The summed E-state index contributed by atoms with van der Waals surface area (Å²) in [7, 11) is -6.53. The van der Waals surface area contributed by atoms with Crippen LogP contribution in [0.1, 0.15) is 6.92 Å². The van der Waals surface area contributed by atoms with Crippen LogP contribution < -0.4 is 5.32 Å². The maximum Gasteiger partial charge on any atom is 0.328 e. The Labute approximate surface area is 164 Å². The second-order valence-corrected chi connectivity index (χ2v) is 10.2. The number of benzene rings is 1. The van der Waals surface area contributed by atoms with Gasteiger partial charge in [-0.2, -0.15) is 8.61 Å². The number of methoxy groups -OCH3 is 1. The van der Waals surface area contributed by atoms with Crippen molar-refractivity contribution in [3.8, 4) is 0 Å². The summed E-state index contributed by atoms with van der Waals surface area (Å²) < 4.78 is 56.4. The molecular formula is C16H23N3O7S2. The molecule has 2 unspecified atom stereocenters. The van der Waals surface area contributed by atoms with Gasteiger partial charge in [0.15, 0.2) is 0 Å². The monoisotopic (exact) mass is 433 g/mol. The predicted octanol–water partition coefficient (Wildman–Crippen LogP) is -1.00. The Morgan fingerprint density at radius 1 is 1.14 bits per heavy atom. The molecule has 0 spiro atoms. The number of rotatable bonds is 6. The molecule has 10 nitrogen and oxygen atoms in total. The van der Waals surface area contributed by atoms with E-state index >= 15 is 0 Å². The molecule has 1 aromatic carbocycles. The minimum Gasteiger partial charge on any atom is -0.467 e. The van der Waals surface area contributed by atoms with E-state index in [0.29, 0.717) is 0 Å². The van der Waals surface area contributed by atoms with Crippen LogP contribution in [0, 0.1) is 0 Å². The molecule has 2 atom stereocenters. The van der Waals surface area contributed by atoms with Crippen molar-refractivity contribution < 1.29 is 31.2 Å². The number of carbonyl (C=O) groups excluding carboxylic acids is 2. The Kier molecular flexibility index (Phi) is 6.80. The molecule has 0 aromatic heterocycles. The predicted molar refractivity (Wildman–Crippen MR) is 100 cm³/mol. The Bertz CT molecular complexity index is 932. The molecule has 1 saturated heterocycles. The van der Waals surface area contributed by atoms with E-state index in [4.69, 9.17) is 0 Å². The molecule has 12 heteroatoms. The van der Waals surface area contributed by atoms with Gasteiger partial charge in [-0.25, -0.2) is 21.6 Å². The number of carbonyl (C=O) groups is 2. The second-order valence-electron chi connectivity index (χ2n) is 6.32. The highest BCUT2D eigenvalue weighted by molar-refractivity contribution is 7.89. The van der Waals surface area contributed by atoms with Crippen LogP contribution in [0.2, 0.25) is 0 Å². The summed E-state index contributed by atoms with van der Waals surface area (Å²) in [6, 6.07) is 5.19. The van der Waals surface area contributed by atoms with Crippen LogP contribution in [0.5, 0.6) is 0 Å². The summed E-state index contributed by atoms with van der Waals surface area (Å²) >= 11 is 0. The van der Waals surface area contributed by atoms with Gasteiger partial charge in [-0.05, 0) is 19.1 Å². The van der Waals surface area contributed by atoms with Gasteiger partial charge >= 0.3 is 5.97 Å². The van der Waals surface area contributed by atoms with Gasteiger partial charge in [-0.3, -0.25) is 4.79 Å². The van der Waals surface area contributed by atoms with Crippen LogP contribution in [0.4, 0.5) is 0 Å². The SMILES string of the molecule is COC(=O)C(C)NC(=O)C1CN(S(C)(=O)=O)CCN1S(=O)(=O)c1ccccc1. The lowest BCUT2D eigenvalue weighted by Crippen LogP contribution is -2.62. The van der Waals surface area contributed by atoms with Crippen molar-refractivity contribution in [2.45, 2.75) is 23.9 Å². The number of hydrogen-bond donors (Lipinski definition) is 1. The van der Waals surface area contributed by atoms with E-state index in [9.17, 15) is 26.4 Å². The quantitative estimate of drug-likeness (QED) is 0.570. The van der Waals surface area contributed by atoms with E-state index in [2.05, 4.69) is 10.1 Å². The fourth-order valence-corrected chi connectivity index (χ4v) is 5.23. The van der Waals surface area contributed by atoms with E-state index in [1.807, 2.05) is 0 Å². The first-order valence-corrected chi connectivity index (χ1v) is 11.7. The molecule has 0 aliphatic carbocycles. The highest BCUT2D eigenvalue weighted by Crippen LogP contribution is 2.22. The zero-order valence-corrected chi connectivity index (χ0v) is 17.4. The molecule has 0 saturated carbocycles. The van der Waals surface area contributed by atoms with Crippen LogP contribution in [0.25, 0.3) is 0 Å². The number of amides is 1. The van der Waals surface area contributed by atoms with Gasteiger partial charge in [0.1, 0.15) is 12.1 Å². The van der Waals surface area contributed by atoms with Crippen molar-refractivity contribution in [1.82, 2.24) is 13.9 Å². The number of nitrogens with zero attached hydrogens (tertiary/aromatic N) is 2. The Morgan fingerprint density at radius 2 is 1.75 bits per heavy atom. The van der Waals surface area contributed by atoms with Gasteiger partial charge in [0.2, 0.25) is 26.0 Å². The van der Waals surface area contributed by atoms with Crippen LogP contribution in [-0.4, -0.2) is 82.4 Å². The highest BCUT2D eigenvalue weighted by atomic mass is 32.2. The lowest BCUT2D eigenvalue weighted by atomic mass is 10.2. The third kappa shape index (κ3) is 4.87. The van der Waals surface area contributed by atoms with E-state index in [1.165, 1.54) is 19.1 Å². The largest absolute Gasteiger partial charge is 0.467 e. The Hall–Kier alpha value is -2.02. The fourth-order valence-electron chi connectivity index (χ4n) is 2.82. The van der Waals surface area contributed by atoms with E-state index in [-0.39, 0.29) is 24.5 Å². The van der Waals surface area contributed by atoms with Gasteiger partial charge in [0, 0.05) is 19.6 Å². The average molecular weight is 434 g/mol. The third-order valence-electron chi connectivity index (χ3n) is 4.33. The second kappa shape index (κ2) is 8.55. The van der Waals surface area contributed by atoms with Gasteiger partial charge in [-0.15, -0.1) is 0 Å². The molecule has 0 bridgehead atoms. The van der Waals surface area contributed by atoms with Crippen molar-refractivity contribution in [2.75, 3.05) is 33.0 Å². The maximum atomic E-state index is 13.0. The minimum atomic E-state index is -4.05. The third-order valence-corrected chi connectivity index (χ3v) is 7.52. The Balaban J connectivity index is 2.37. The summed E-state index contributed by atoms with van der Waals surface area (Å²) in [6.07, 6.45) is 0.987. The molecule has 28 heavy (non-hydrogen) atoms. The van der Waals surface area contributed by atoms with Crippen molar-refractivity contribution in [3.05, 3.63) is 30.3 Å². The van der Waals surface area contributed by atoms with Crippen LogP contribution in [-0.2, 0) is 34.4 Å². The average Bonchev–Trinajstić information content (AvgIpc) is 2.66. The normalized spacial score (nSPS) is 20.3. The van der Waals surface area contributed by atoms with Gasteiger partial charge < -0.3 is 10.1 Å². The maximum absolute atomic E-state index is 13.0. The molecular weight excluding hydrogens is 410 g/mol. The van der Waals surface area contributed by atoms with Crippen LogP contribution in [0.15, 0.2) is 35.2 Å². The zero-order valence-electron chi connectivity index (χ0n) is 15.7. The van der Waals surface area contributed by atoms with E-state index in [1.54, 1.807) is 18.2 Å². The lowest BCUT2D eigenvalue weighted by Gasteiger charge is -2.38. The lowest BCUT2D eigenvalue weighted by molar-refractivity contribution is -0.145. The van der Waals surface area contributed by atoms with Crippen LogP contribution in [0.3, 0.4) is 0 Å². The standard InChI is InChI=1S/C16H23N3O7S2/c1-12(16(21)26-2)17-15(20)14-11-18(27(3,22)23)9-10-19(14)28(24,25)13-7-5-4-6-8-13/h4-8,12,14H,9-11H2,1-3H3,(H,17,20). The number of ether oxygens (including phenoxy) is 1. The fraction of sp³-hybridized carbons (Fsp3) is 0.500. The van der Waals surface area contributed by atoms with Gasteiger partial charge in [0.05, 0.1) is 18.3 Å². The summed E-state index contributed by atoms with van der Waals surface area (Å²) in [6.45, 7) is 0.748. The molecule has 0 radical (unpaired) electrons. The first kappa shape index (κ1) is 22.3. The minimum absolute atomic E-state index is 0.0124. The number of esters is 1. The molecule has 1 amide bonds. The summed E-state index contributed by atoms with van der Waals surface area (Å²) in [5, 5.41) is 2.38. The van der Waals surface area contributed by atoms with Gasteiger partial charge in [0.25, 0.3) is 0 Å². The summed E-state index contributed by atoms with van der Waals surface area (Å²) in [5.41, 5.74) is 0. The van der Waals surface area contributed by atoms with Crippen molar-refractivity contribution in [2.24, 2.45) is 0 Å². The zero-order chi connectivity index (χ0) is 21.1. The highest BCUT2D eigenvalue weighted by Gasteiger charge is 2.42. The molecule has 1 aromatic rings. The van der Waals surface area contributed by atoms with E-state index in [0.717, 1.165) is 22.0 Å². The summed E-state index contributed by atoms with van der Waals surface area (Å²) in [4.78, 5) is 24.3. The van der Waals surface area contributed by atoms with E-state index < -0.39 is 44.0 Å². The Morgan fingerprint density at radius 3 is 2.29 bits per heavy atom. The molecule has 1 heterocycles. The number of nitrogens with one attached hydrogen (secondary N) is 1. The summed E-state index contributed by atoms with van der Waals surface area (Å²) in [5.74, 6) is -1.49. The smallest absolute Gasteiger partial charge is 0.328 e. The number of hydrogen-bond acceptors (Lipinski definition) is 7. The number of piperazine rings is 1. The topological polar surface area (TPSA) is 130 Å². The molecule has 1 aliphatic rings. The van der Waals surface area contributed by atoms with Crippen molar-refractivity contribution >= 4 is 31.9 Å². The van der Waals surface area contributed by atoms with Crippen molar-refractivity contribution in [1.29, 1.82) is 0 Å². The molecule has 156 valence electrons. The first-order valence-electron chi connectivity index (χ1n) is 8.38. The van der Waals surface area contributed by atoms with Crippen LogP contribution >= 0.6 is 0 Å². The molecule has 2 rings (SSSR count).